The van der Waals surface area contributed by atoms with Crippen LogP contribution in [0.5, 0.6) is 0 Å². The number of rotatable bonds is 4. The molecule has 16 heavy (non-hydrogen) atoms. The van der Waals surface area contributed by atoms with Crippen molar-refractivity contribution in [2.24, 2.45) is 0 Å². The number of aromatic nitrogens is 1. The fourth-order valence-corrected chi connectivity index (χ4v) is 3.20. The molecule has 0 N–H and O–H groups in total. The third-order valence-electron chi connectivity index (χ3n) is 3.10. The molecular weight excluding hydrogens is 236 g/mol. The molecule has 1 aromatic rings. The smallest absolute Gasteiger partial charge is 0.0940 e. The van der Waals surface area contributed by atoms with Crippen LogP contribution in [0.25, 0.3) is 0 Å². The topological polar surface area (TPSA) is 16.1 Å². The number of nitrogens with zero attached hydrogens (tertiary/aromatic N) is 2. The molecule has 4 heteroatoms. The zero-order valence-electron chi connectivity index (χ0n) is 9.69. The highest BCUT2D eigenvalue weighted by atomic mass is 32.1. The van der Waals surface area contributed by atoms with Crippen LogP contribution in [0, 0.1) is 0 Å². The zero-order chi connectivity index (χ0) is 11.2. The molecule has 1 aromatic heterocycles. The standard InChI is InChI=1S/C12H20N2S2/c15-10-11-9-13-12(16-11)5-8-14-6-3-1-2-4-7-14/h9,15H,1-8,10H2. The van der Waals surface area contributed by atoms with Gasteiger partial charge in [-0.3, -0.25) is 0 Å². The summed E-state index contributed by atoms with van der Waals surface area (Å²) in [5.41, 5.74) is 0. The van der Waals surface area contributed by atoms with E-state index in [2.05, 4.69) is 22.5 Å². The van der Waals surface area contributed by atoms with Crippen molar-refractivity contribution in [3.63, 3.8) is 0 Å². The fraction of sp³-hybridized carbons (Fsp3) is 0.750. The second kappa shape index (κ2) is 6.62. The second-order valence-electron chi connectivity index (χ2n) is 4.38. The van der Waals surface area contributed by atoms with E-state index in [-0.39, 0.29) is 0 Å². The van der Waals surface area contributed by atoms with Crippen LogP contribution < -0.4 is 0 Å². The van der Waals surface area contributed by atoms with Gasteiger partial charge in [-0.2, -0.15) is 12.6 Å². The minimum Gasteiger partial charge on any atom is -0.303 e. The van der Waals surface area contributed by atoms with E-state index in [1.807, 2.05) is 17.5 Å². The maximum atomic E-state index is 4.44. The summed E-state index contributed by atoms with van der Waals surface area (Å²) >= 11 is 6.08. The van der Waals surface area contributed by atoms with Gasteiger partial charge in [0.15, 0.2) is 0 Å². The zero-order valence-corrected chi connectivity index (χ0v) is 11.4. The minimum atomic E-state index is 0.821. The van der Waals surface area contributed by atoms with Crippen LogP contribution in [-0.2, 0) is 12.2 Å². The Labute approximate surface area is 107 Å². The number of likely N-dealkylation sites (tertiary alicyclic amines) is 1. The molecule has 1 fully saturated rings. The summed E-state index contributed by atoms with van der Waals surface area (Å²) in [4.78, 5) is 8.32. The van der Waals surface area contributed by atoms with Gasteiger partial charge in [0.2, 0.25) is 0 Å². The molecule has 2 nitrogen and oxygen atoms in total. The van der Waals surface area contributed by atoms with Gasteiger partial charge < -0.3 is 4.90 Å². The van der Waals surface area contributed by atoms with Gasteiger partial charge in [-0.1, -0.05) is 12.8 Å². The Balaban J connectivity index is 1.77. The van der Waals surface area contributed by atoms with Gasteiger partial charge in [-0.05, 0) is 25.9 Å². The van der Waals surface area contributed by atoms with Crippen LogP contribution in [0.4, 0.5) is 0 Å². The summed E-state index contributed by atoms with van der Waals surface area (Å²) in [6.07, 6.45) is 8.66. The summed E-state index contributed by atoms with van der Waals surface area (Å²) in [5, 5.41) is 1.27. The van der Waals surface area contributed by atoms with E-state index < -0.39 is 0 Å². The fourth-order valence-electron chi connectivity index (χ4n) is 2.15. The lowest BCUT2D eigenvalue weighted by Gasteiger charge is -2.18. The molecule has 2 heterocycles. The summed E-state index contributed by atoms with van der Waals surface area (Å²) < 4.78 is 0. The van der Waals surface area contributed by atoms with E-state index in [4.69, 9.17) is 0 Å². The van der Waals surface area contributed by atoms with Crippen molar-refractivity contribution in [1.82, 2.24) is 9.88 Å². The monoisotopic (exact) mass is 256 g/mol. The van der Waals surface area contributed by atoms with Crippen molar-refractivity contribution < 1.29 is 0 Å². The first-order valence-electron chi connectivity index (χ1n) is 6.15. The Hall–Kier alpha value is -0.0600. The van der Waals surface area contributed by atoms with Crippen LogP contribution in [0.2, 0.25) is 0 Å². The maximum absolute atomic E-state index is 4.44. The van der Waals surface area contributed by atoms with E-state index in [1.165, 1.54) is 55.2 Å². The average Bonchev–Trinajstić information content (AvgIpc) is 2.61. The molecule has 1 aliphatic rings. The molecule has 0 atom stereocenters. The summed E-state index contributed by atoms with van der Waals surface area (Å²) in [6.45, 7) is 3.75. The first-order valence-corrected chi connectivity index (χ1v) is 7.60. The van der Waals surface area contributed by atoms with Crippen LogP contribution in [0.1, 0.15) is 35.6 Å². The van der Waals surface area contributed by atoms with Gasteiger partial charge >= 0.3 is 0 Å². The maximum Gasteiger partial charge on any atom is 0.0940 e. The number of hydrogen-bond donors (Lipinski definition) is 1. The lowest BCUT2D eigenvalue weighted by atomic mass is 10.2. The SMILES string of the molecule is SCc1cnc(CCN2CCCCCC2)s1. The van der Waals surface area contributed by atoms with Gasteiger partial charge in [0.25, 0.3) is 0 Å². The molecule has 1 saturated heterocycles. The number of hydrogen-bond acceptors (Lipinski definition) is 4. The quantitative estimate of drug-likeness (QED) is 0.834. The van der Waals surface area contributed by atoms with E-state index in [0.717, 1.165) is 12.2 Å². The Morgan fingerprint density at radius 3 is 2.62 bits per heavy atom. The molecule has 0 bridgehead atoms. The molecule has 0 spiro atoms. The highest BCUT2D eigenvalue weighted by Crippen LogP contribution is 2.16. The van der Waals surface area contributed by atoms with Crippen LogP contribution >= 0.6 is 24.0 Å². The van der Waals surface area contributed by atoms with Gasteiger partial charge in [0.05, 0.1) is 5.01 Å². The Morgan fingerprint density at radius 1 is 1.25 bits per heavy atom. The van der Waals surface area contributed by atoms with Crippen molar-refractivity contribution in [1.29, 1.82) is 0 Å². The van der Waals surface area contributed by atoms with Crippen LogP contribution in [0.15, 0.2) is 6.20 Å². The largest absolute Gasteiger partial charge is 0.303 e. The van der Waals surface area contributed by atoms with E-state index in [1.54, 1.807) is 0 Å². The first kappa shape index (κ1) is 12.4. The highest BCUT2D eigenvalue weighted by Gasteiger charge is 2.09. The normalized spacial score (nSPS) is 18.6. The molecule has 0 aliphatic carbocycles. The van der Waals surface area contributed by atoms with Crippen LogP contribution in [0.3, 0.4) is 0 Å². The lowest BCUT2D eigenvalue weighted by Crippen LogP contribution is -2.26. The summed E-state index contributed by atoms with van der Waals surface area (Å²) in [6, 6.07) is 0. The first-order chi connectivity index (χ1) is 7.88. The van der Waals surface area contributed by atoms with Crippen molar-refractivity contribution in [3.8, 4) is 0 Å². The van der Waals surface area contributed by atoms with E-state index in [0.29, 0.717) is 0 Å². The van der Waals surface area contributed by atoms with Gasteiger partial charge in [0.1, 0.15) is 0 Å². The second-order valence-corrected chi connectivity index (χ2v) is 5.90. The molecule has 0 unspecified atom stereocenters. The molecule has 0 amide bonds. The Kier molecular flexibility index (Phi) is 5.13. The lowest BCUT2D eigenvalue weighted by molar-refractivity contribution is 0.288. The van der Waals surface area contributed by atoms with E-state index >= 15 is 0 Å². The predicted octanol–water partition coefficient (Wildman–Crippen LogP) is 2.99. The molecular formula is C12H20N2S2. The van der Waals surface area contributed by atoms with Crippen LogP contribution in [-0.4, -0.2) is 29.5 Å². The van der Waals surface area contributed by atoms with Gasteiger partial charge in [-0.15, -0.1) is 11.3 Å². The molecule has 2 rings (SSSR count). The van der Waals surface area contributed by atoms with Crippen molar-refractivity contribution in [3.05, 3.63) is 16.1 Å². The average molecular weight is 256 g/mol. The third-order valence-corrected chi connectivity index (χ3v) is 4.71. The minimum absolute atomic E-state index is 0.821. The summed E-state index contributed by atoms with van der Waals surface area (Å²) in [7, 11) is 0. The molecule has 90 valence electrons. The third kappa shape index (κ3) is 3.75. The van der Waals surface area contributed by atoms with Crippen molar-refractivity contribution in [2.45, 2.75) is 37.9 Å². The van der Waals surface area contributed by atoms with Crippen molar-refractivity contribution in [2.75, 3.05) is 19.6 Å². The van der Waals surface area contributed by atoms with Gasteiger partial charge in [-0.25, -0.2) is 4.98 Å². The highest BCUT2D eigenvalue weighted by molar-refractivity contribution is 7.79. The summed E-state index contributed by atoms with van der Waals surface area (Å²) in [5.74, 6) is 0.821. The Bertz CT molecular complexity index is 304. The van der Waals surface area contributed by atoms with Gasteiger partial charge in [0, 0.05) is 29.8 Å². The molecule has 0 saturated carbocycles. The number of thiazole rings is 1. The predicted molar refractivity (Wildman–Crippen MR) is 73.4 cm³/mol. The molecule has 0 aromatic carbocycles. The van der Waals surface area contributed by atoms with Crippen molar-refractivity contribution >= 4 is 24.0 Å². The van der Waals surface area contributed by atoms with E-state index in [9.17, 15) is 0 Å². The molecule has 0 radical (unpaired) electrons. The number of thiol groups is 1. The Morgan fingerprint density at radius 2 is 2.00 bits per heavy atom. The molecule has 1 aliphatic heterocycles.